The van der Waals surface area contributed by atoms with E-state index in [2.05, 4.69) is 15.5 Å². The van der Waals surface area contributed by atoms with E-state index in [9.17, 15) is 13.6 Å². The van der Waals surface area contributed by atoms with Gasteiger partial charge in [-0.1, -0.05) is 24.2 Å². The minimum absolute atomic E-state index is 0.359. The fourth-order valence-electron chi connectivity index (χ4n) is 2.66. The highest BCUT2D eigenvalue weighted by Gasteiger charge is 2.27. The topological polar surface area (TPSA) is 68.0 Å². The Morgan fingerprint density at radius 2 is 2.32 bits per heavy atom. The van der Waals surface area contributed by atoms with E-state index in [0.29, 0.717) is 24.6 Å². The minimum Gasteiger partial charge on any atom is -0.344 e. The number of rotatable bonds is 4. The Morgan fingerprint density at radius 1 is 1.50 bits per heavy atom. The first-order valence-electron chi connectivity index (χ1n) is 7.12. The van der Waals surface area contributed by atoms with Crippen molar-refractivity contribution in [3.05, 3.63) is 35.2 Å². The summed E-state index contributed by atoms with van der Waals surface area (Å²) in [5.41, 5.74) is 2.71. The highest BCUT2D eigenvalue weighted by Crippen LogP contribution is 2.33. The minimum atomic E-state index is -2.99. The van der Waals surface area contributed by atoms with Crippen LogP contribution in [-0.2, 0) is 17.6 Å². The Labute approximate surface area is 125 Å². The fraction of sp³-hybridized carbons (Fsp3) is 0.400. The molecule has 1 heterocycles. The average Bonchev–Trinajstić information content (AvgIpc) is 3.13. The van der Waals surface area contributed by atoms with Crippen molar-refractivity contribution in [1.29, 1.82) is 0 Å². The lowest BCUT2D eigenvalue weighted by molar-refractivity contribution is -0.132. The molecule has 0 saturated heterocycles. The predicted molar refractivity (Wildman–Crippen MR) is 74.3 cm³/mol. The van der Waals surface area contributed by atoms with Gasteiger partial charge in [-0.05, 0) is 30.0 Å². The molecule has 0 aliphatic heterocycles. The molecule has 2 aromatic rings. The number of amides is 1. The molecule has 1 atom stereocenters. The van der Waals surface area contributed by atoms with E-state index < -0.39 is 12.3 Å². The Hall–Kier alpha value is -2.31. The van der Waals surface area contributed by atoms with Gasteiger partial charge in [0.1, 0.15) is 0 Å². The number of carbonyl (C=O) groups is 1. The summed E-state index contributed by atoms with van der Waals surface area (Å²) >= 11 is 0. The molecule has 116 valence electrons. The van der Waals surface area contributed by atoms with Crippen LogP contribution in [0, 0.1) is 0 Å². The van der Waals surface area contributed by atoms with Crippen LogP contribution in [0.5, 0.6) is 0 Å². The standard InChI is InChI=1S/C15H15F2N3O2/c1-2-12-19-14(20-22-12)9-3-5-10-8(7-9)4-6-11(10)18-15(21)13(16)17/h3,5,7,11,13H,2,4,6H2,1H3,(H,18,21)/t11-/m1/s1. The Bertz CT molecular complexity index is 700. The number of alkyl halides is 2. The first-order chi connectivity index (χ1) is 10.6. The molecule has 5 nitrogen and oxygen atoms in total. The second-order valence-corrected chi connectivity index (χ2v) is 5.18. The van der Waals surface area contributed by atoms with Gasteiger partial charge in [-0.2, -0.15) is 13.8 Å². The summed E-state index contributed by atoms with van der Waals surface area (Å²) in [5.74, 6) is -0.148. The molecule has 1 N–H and O–H groups in total. The van der Waals surface area contributed by atoms with Crippen LogP contribution in [0.3, 0.4) is 0 Å². The lowest BCUT2D eigenvalue weighted by Gasteiger charge is -2.13. The number of aromatic nitrogens is 2. The summed E-state index contributed by atoms with van der Waals surface area (Å²) in [7, 11) is 0. The molecule has 0 fully saturated rings. The predicted octanol–water partition coefficient (Wildman–Crippen LogP) is 2.67. The first-order valence-corrected chi connectivity index (χ1v) is 7.12. The number of nitrogens with one attached hydrogen (secondary N) is 1. The van der Waals surface area contributed by atoms with Crippen LogP contribution in [0.4, 0.5) is 8.78 Å². The molecule has 0 saturated carbocycles. The Morgan fingerprint density at radius 3 is 3.00 bits per heavy atom. The molecule has 1 aliphatic carbocycles. The van der Waals surface area contributed by atoms with Crippen molar-refractivity contribution >= 4 is 5.91 Å². The number of hydrogen-bond acceptors (Lipinski definition) is 4. The van der Waals surface area contributed by atoms with Crippen molar-refractivity contribution in [2.75, 3.05) is 0 Å². The number of nitrogens with zero attached hydrogens (tertiary/aromatic N) is 2. The maximum Gasteiger partial charge on any atom is 0.315 e. The number of halogens is 2. The first kappa shape index (κ1) is 14.6. The van der Waals surface area contributed by atoms with Gasteiger partial charge in [0.15, 0.2) is 0 Å². The van der Waals surface area contributed by atoms with Crippen molar-refractivity contribution in [3.8, 4) is 11.4 Å². The fourth-order valence-corrected chi connectivity index (χ4v) is 2.66. The van der Waals surface area contributed by atoms with E-state index in [1.54, 1.807) is 0 Å². The van der Waals surface area contributed by atoms with Crippen LogP contribution in [0.1, 0.15) is 36.4 Å². The van der Waals surface area contributed by atoms with Gasteiger partial charge in [0.25, 0.3) is 5.91 Å². The van der Waals surface area contributed by atoms with Gasteiger partial charge in [-0.15, -0.1) is 0 Å². The highest BCUT2D eigenvalue weighted by atomic mass is 19.3. The zero-order chi connectivity index (χ0) is 15.7. The lowest BCUT2D eigenvalue weighted by Crippen LogP contribution is -2.32. The maximum absolute atomic E-state index is 12.3. The Kier molecular flexibility index (Phi) is 3.87. The Balaban J connectivity index is 1.82. The molecule has 7 heteroatoms. The summed E-state index contributed by atoms with van der Waals surface area (Å²) in [4.78, 5) is 15.4. The number of aryl methyl sites for hydroxylation is 2. The summed E-state index contributed by atoms with van der Waals surface area (Å²) in [6.07, 6.45) is -0.991. The molecule has 0 spiro atoms. The van der Waals surface area contributed by atoms with Gasteiger partial charge < -0.3 is 9.84 Å². The van der Waals surface area contributed by atoms with Crippen molar-refractivity contribution in [2.45, 2.75) is 38.7 Å². The molecule has 0 bridgehead atoms. The largest absolute Gasteiger partial charge is 0.344 e. The van der Waals surface area contributed by atoms with E-state index in [1.807, 2.05) is 25.1 Å². The third-order valence-corrected chi connectivity index (χ3v) is 3.76. The van der Waals surface area contributed by atoms with Gasteiger partial charge in [0.2, 0.25) is 11.7 Å². The van der Waals surface area contributed by atoms with Gasteiger partial charge in [0.05, 0.1) is 6.04 Å². The van der Waals surface area contributed by atoms with Gasteiger partial charge in [-0.25, -0.2) is 0 Å². The lowest BCUT2D eigenvalue weighted by atomic mass is 10.0. The molecule has 1 aromatic carbocycles. The van der Waals surface area contributed by atoms with E-state index in [4.69, 9.17) is 4.52 Å². The van der Waals surface area contributed by atoms with E-state index >= 15 is 0 Å². The number of carbonyl (C=O) groups excluding carboxylic acids is 1. The number of fused-ring (bicyclic) bond motifs is 1. The summed E-state index contributed by atoms with van der Waals surface area (Å²) in [5, 5.41) is 6.29. The summed E-state index contributed by atoms with van der Waals surface area (Å²) in [6, 6.07) is 5.21. The zero-order valence-electron chi connectivity index (χ0n) is 12.0. The zero-order valence-corrected chi connectivity index (χ0v) is 12.0. The van der Waals surface area contributed by atoms with Gasteiger partial charge >= 0.3 is 6.43 Å². The molecular formula is C15H15F2N3O2. The highest BCUT2D eigenvalue weighted by molar-refractivity contribution is 5.79. The van der Waals surface area contributed by atoms with E-state index in [1.165, 1.54) is 0 Å². The number of hydrogen-bond donors (Lipinski definition) is 1. The van der Waals surface area contributed by atoms with Crippen LogP contribution >= 0.6 is 0 Å². The maximum atomic E-state index is 12.3. The quantitative estimate of drug-likeness (QED) is 0.943. The third-order valence-electron chi connectivity index (χ3n) is 3.76. The van der Waals surface area contributed by atoms with Crippen LogP contribution in [0.25, 0.3) is 11.4 Å². The summed E-state index contributed by atoms with van der Waals surface area (Å²) < 4.78 is 29.8. The SMILES string of the molecule is CCc1nc(-c2ccc3c(c2)CC[C@H]3NC(=O)C(F)F)no1. The monoisotopic (exact) mass is 307 g/mol. The van der Waals surface area contributed by atoms with Crippen molar-refractivity contribution in [2.24, 2.45) is 0 Å². The molecular weight excluding hydrogens is 292 g/mol. The van der Waals surface area contributed by atoms with Crippen molar-refractivity contribution in [1.82, 2.24) is 15.5 Å². The summed E-state index contributed by atoms with van der Waals surface area (Å²) in [6.45, 7) is 1.93. The molecule has 1 aromatic heterocycles. The van der Waals surface area contributed by atoms with E-state index in [0.717, 1.165) is 23.1 Å². The van der Waals surface area contributed by atoms with Crippen molar-refractivity contribution in [3.63, 3.8) is 0 Å². The van der Waals surface area contributed by atoms with Gasteiger partial charge in [0, 0.05) is 12.0 Å². The second kappa shape index (κ2) is 5.82. The molecule has 22 heavy (non-hydrogen) atoms. The van der Waals surface area contributed by atoms with Crippen LogP contribution in [-0.4, -0.2) is 22.5 Å². The molecule has 0 unspecified atom stereocenters. The molecule has 0 radical (unpaired) electrons. The normalized spacial score (nSPS) is 16.8. The molecule has 1 aliphatic rings. The smallest absolute Gasteiger partial charge is 0.315 e. The van der Waals surface area contributed by atoms with Crippen LogP contribution in [0.2, 0.25) is 0 Å². The van der Waals surface area contributed by atoms with Crippen LogP contribution < -0.4 is 5.32 Å². The van der Waals surface area contributed by atoms with Crippen LogP contribution in [0.15, 0.2) is 22.7 Å². The third kappa shape index (κ3) is 2.70. The van der Waals surface area contributed by atoms with E-state index in [-0.39, 0.29) is 6.04 Å². The van der Waals surface area contributed by atoms with Crippen molar-refractivity contribution < 1.29 is 18.1 Å². The molecule has 1 amide bonds. The number of benzene rings is 1. The molecule has 3 rings (SSSR count). The van der Waals surface area contributed by atoms with Gasteiger partial charge in [-0.3, -0.25) is 4.79 Å². The average molecular weight is 307 g/mol. The second-order valence-electron chi connectivity index (χ2n) is 5.18.